The number of carbonyl (C=O) groups excluding carboxylic acids is 1. The molecule has 0 spiro atoms. The number of nitrogens with one attached hydrogen (secondary N) is 1. The van der Waals surface area contributed by atoms with Gasteiger partial charge in [0, 0.05) is 12.4 Å². The largest absolute Gasteiger partial charge is 0.476 e. The van der Waals surface area contributed by atoms with Crippen molar-refractivity contribution in [3.05, 3.63) is 52.0 Å². The number of hydrogen-bond acceptors (Lipinski definition) is 4. The molecule has 102 valence electrons. The van der Waals surface area contributed by atoms with Crippen molar-refractivity contribution in [1.82, 2.24) is 9.97 Å². The van der Waals surface area contributed by atoms with Crippen molar-refractivity contribution >= 4 is 40.8 Å². The van der Waals surface area contributed by atoms with Crippen LogP contribution in [-0.4, -0.2) is 27.0 Å². The van der Waals surface area contributed by atoms with Gasteiger partial charge in [0.05, 0.1) is 15.7 Å². The average molecular weight is 312 g/mol. The molecule has 6 nitrogen and oxygen atoms in total. The van der Waals surface area contributed by atoms with E-state index in [4.69, 9.17) is 28.3 Å². The number of benzene rings is 1. The van der Waals surface area contributed by atoms with Crippen LogP contribution < -0.4 is 5.32 Å². The molecule has 2 rings (SSSR count). The van der Waals surface area contributed by atoms with Crippen LogP contribution in [0.1, 0.15) is 21.0 Å². The monoisotopic (exact) mass is 311 g/mol. The average Bonchev–Trinajstić information content (AvgIpc) is 2.43. The first-order valence-corrected chi connectivity index (χ1v) is 6.06. The second-order valence-electron chi connectivity index (χ2n) is 3.61. The summed E-state index contributed by atoms with van der Waals surface area (Å²) in [6.07, 6.45) is 2.40. The van der Waals surface area contributed by atoms with Crippen molar-refractivity contribution in [3.8, 4) is 0 Å². The number of para-hydroxylation sites is 1. The summed E-state index contributed by atoms with van der Waals surface area (Å²) in [4.78, 5) is 30.3. The lowest BCUT2D eigenvalue weighted by molar-refractivity contribution is 0.0685. The number of aromatic nitrogens is 2. The Morgan fingerprint density at radius 1 is 1.05 bits per heavy atom. The van der Waals surface area contributed by atoms with Crippen LogP contribution in [0, 0.1) is 0 Å². The fourth-order valence-corrected chi connectivity index (χ4v) is 1.94. The summed E-state index contributed by atoms with van der Waals surface area (Å²) in [5, 5.41) is 11.8. The van der Waals surface area contributed by atoms with Crippen molar-refractivity contribution in [2.45, 2.75) is 0 Å². The minimum atomic E-state index is -1.35. The Balaban J connectivity index is 2.36. The topological polar surface area (TPSA) is 92.2 Å². The molecule has 0 aliphatic heterocycles. The van der Waals surface area contributed by atoms with Crippen molar-refractivity contribution in [2.24, 2.45) is 0 Å². The highest BCUT2D eigenvalue weighted by molar-refractivity contribution is 6.40. The number of amides is 1. The SMILES string of the molecule is O=C(O)c1nccnc1C(=O)Nc1c(Cl)cccc1Cl. The Morgan fingerprint density at radius 2 is 1.60 bits per heavy atom. The lowest BCUT2D eigenvalue weighted by Crippen LogP contribution is -2.19. The van der Waals surface area contributed by atoms with Gasteiger partial charge in [0.25, 0.3) is 5.91 Å². The highest BCUT2D eigenvalue weighted by Gasteiger charge is 2.20. The Hall–Kier alpha value is -2.18. The molecule has 2 N–H and O–H groups in total. The molecule has 2 aromatic rings. The van der Waals surface area contributed by atoms with Gasteiger partial charge in [0.2, 0.25) is 0 Å². The quantitative estimate of drug-likeness (QED) is 0.909. The minimum Gasteiger partial charge on any atom is -0.476 e. The summed E-state index contributed by atoms with van der Waals surface area (Å²) in [6, 6.07) is 4.70. The molecule has 0 bridgehead atoms. The molecule has 1 heterocycles. The van der Waals surface area contributed by atoms with E-state index in [1.807, 2.05) is 0 Å². The molecule has 0 saturated carbocycles. The number of hydrogen-bond donors (Lipinski definition) is 2. The van der Waals surface area contributed by atoms with Crippen LogP contribution in [0.4, 0.5) is 5.69 Å². The normalized spacial score (nSPS) is 10.1. The predicted molar refractivity (Wildman–Crippen MR) is 73.4 cm³/mol. The van der Waals surface area contributed by atoms with E-state index in [0.29, 0.717) is 0 Å². The first-order valence-electron chi connectivity index (χ1n) is 5.30. The maximum Gasteiger partial charge on any atom is 0.356 e. The van der Waals surface area contributed by atoms with E-state index in [1.165, 1.54) is 24.5 Å². The summed E-state index contributed by atoms with van der Waals surface area (Å²) in [6.45, 7) is 0. The van der Waals surface area contributed by atoms with Crippen LogP contribution >= 0.6 is 23.2 Å². The fraction of sp³-hybridized carbons (Fsp3) is 0. The van der Waals surface area contributed by atoms with Gasteiger partial charge in [-0.25, -0.2) is 14.8 Å². The van der Waals surface area contributed by atoms with Gasteiger partial charge >= 0.3 is 5.97 Å². The number of carbonyl (C=O) groups is 2. The van der Waals surface area contributed by atoms with E-state index in [1.54, 1.807) is 6.07 Å². The third-order valence-corrected chi connectivity index (χ3v) is 2.95. The summed E-state index contributed by atoms with van der Waals surface area (Å²) in [5.41, 5.74) is -0.591. The van der Waals surface area contributed by atoms with Gasteiger partial charge in [-0.05, 0) is 12.1 Å². The highest BCUT2D eigenvalue weighted by Crippen LogP contribution is 2.30. The highest BCUT2D eigenvalue weighted by atomic mass is 35.5. The first kappa shape index (κ1) is 14.2. The molecule has 0 atom stereocenters. The Kier molecular flexibility index (Phi) is 4.16. The molecular weight excluding hydrogens is 305 g/mol. The lowest BCUT2D eigenvalue weighted by atomic mass is 10.2. The van der Waals surface area contributed by atoms with E-state index in [-0.39, 0.29) is 21.4 Å². The van der Waals surface area contributed by atoms with Gasteiger partial charge < -0.3 is 10.4 Å². The predicted octanol–water partition coefficient (Wildman–Crippen LogP) is 2.73. The molecule has 0 saturated heterocycles. The van der Waals surface area contributed by atoms with Crippen molar-refractivity contribution in [2.75, 3.05) is 5.32 Å². The number of anilines is 1. The van der Waals surface area contributed by atoms with Crippen LogP contribution in [0.15, 0.2) is 30.6 Å². The van der Waals surface area contributed by atoms with Crippen LogP contribution in [-0.2, 0) is 0 Å². The fourth-order valence-electron chi connectivity index (χ4n) is 1.45. The summed E-state index contributed by atoms with van der Waals surface area (Å²) < 4.78 is 0. The molecule has 0 fully saturated rings. The molecular formula is C12H7Cl2N3O3. The van der Waals surface area contributed by atoms with Crippen LogP contribution in [0.2, 0.25) is 10.0 Å². The maximum atomic E-state index is 12.0. The number of nitrogens with zero attached hydrogens (tertiary/aromatic N) is 2. The molecule has 0 radical (unpaired) electrons. The number of aromatic carboxylic acids is 1. The third kappa shape index (κ3) is 2.87. The zero-order chi connectivity index (χ0) is 14.7. The molecule has 1 amide bonds. The summed E-state index contributed by atoms with van der Waals surface area (Å²) in [7, 11) is 0. The van der Waals surface area contributed by atoms with Crippen molar-refractivity contribution in [1.29, 1.82) is 0 Å². The van der Waals surface area contributed by atoms with E-state index < -0.39 is 17.6 Å². The number of halogens is 2. The minimum absolute atomic E-state index is 0.183. The van der Waals surface area contributed by atoms with Gasteiger partial charge in [-0.1, -0.05) is 29.3 Å². The van der Waals surface area contributed by atoms with E-state index in [0.717, 1.165) is 0 Å². The molecule has 0 unspecified atom stereocenters. The second-order valence-corrected chi connectivity index (χ2v) is 4.42. The molecule has 0 aliphatic rings. The summed E-state index contributed by atoms with van der Waals surface area (Å²) >= 11 is 11.8. The Labute approximate surface area is 123 Å². The third-order valence-electron chi connectivity index (χ3n) is 2.32. The van der Waals surface area contributed by atoms with E-state index >= 15 is 0 Å². The first-order chi connectivity index (χ1) is 9.50. The van der Waals surface area contributed by atoms with Gasteiger partial charge in [0.1, 0.15) is 0 Å². The number of rotatable bonds is 3. The van der Waals surface area contributed by atoms with Crippen LogP contribution in [0.5, 0.6) is 0 Å². The smallest absolute Gasteiger partial charge is 0.356 e. The van der Waals surface area contributed by atoms with E-state index in [9.17, 15) is 9.59 Å². The summed E-state index contributed by atoms with van der Waals surface area (Å²) in [5.74, 6) is -2.11. The zero-order valence-corrected chi connectivity index (χ0v) is 11.3. The van der Waals surface area contributed by atoms with Gasteiger partial charge in [-0.3, -0.25) is 4.79 Å². The number of carboxylic acids is 1. The van der Waals surface area contributed by atoms with Crippen molar-refractivity contribution in [3.63, 3.8) is 0 Å². The second kappa shape index (κ2) is 5.85. The molecule has 1 aromatic carbocycles. The molecule has 0 aliphatic carbocycles. The van der Waals surface area contributed by atoms with Gasteiger partial charge in [0.15, 0.2) is 11.4 Å². The zero-order valence-electron chi connectivity index (χ0n) is 9.80. The maximum absolute atomic E-state index is 12.0. The Morgan fingerprint density at radius 3 is 2.15 bits per heavy atom. The lowest BCUT2D eigenvalue weighted by Gasteiger charge is -2.09. The van der Waals surface area contributed by atoms with Gasteiger partial charge in [-0.2, -0.15) is 0 Å². The molecule has 20 heavy (non-hydrogen) atoms. The number of carboxylic acid groups (broad SMARTS) is 1. The Bertz CT molecular complexity index is 671. The van der Waals surface area contributed by atoms with Crippen LogP contribution in [0.25, 0.3) is 0 Å². The van der Waals surface area contributed by atoms with Crippen molar-refractivity contribution < 1.29 is 14.7 Å². The standard InChI is InChI=1S/C12H7Cl2N3O3/c13-6-2-1-3-7(14)8(6)17-11(18)9-10(12(19)20)16-5-4-15-9/h1-5H,(H,17,18)(H,19,20). The molecule has 8 heteroatoms. The van der Waals surface area contributed by atoms with Gasteiger partial charge in [-0.15, -0.1) is 0 Å². The molecule has 1 aromatic heterocycles. The van der Waals surface area contributed by atoms with Crippen LogP contribution in [0.3, 0.4) is 0 Å². The van der Waals surface area contributed by atoms with E-state index in [2.05, 4.69) is 15.3 Å².